The Balaban J connectivity index is 2.27. The third-order valence-corrected chi connectivity index (χ3v) is 2.74. The predicted octanol–water partition coefficient (Wildman–Crippen LogP) is 1.36. The number of esters is 1. The Labute approximate surface area is 114 Å². The molecule has 3 rings (SSSR count). The SMILES string of the molecule is CCOC(=O)c1cnc2ccnn2c1-c1cncnc1. The molecule has 0 aliphatic carbocycles. The fourth-order valence-corrected chi connectivity index (χ4v) is 1.93. The topological polar surface area (TPSA) is 82.3 Å². The van der Waals surface area contributed by atoms with E-state index < -0.39 is 5.97 Å². The number of hydrogen-bond donors (Lipinski definition) is 0. The Morgan fingerprint density at radius 1 is 1.30 bits per heavy atom. The maximum absolute atomic E-state index is 12.1. The Hall–Kier alpha value is -2.83. The maximum Gasteiger partial charge on any atom is 0.341 e. The monoisotopic (exact) mass is 269 g/mol. The minimum absolute atomic E-state index is 0.292. The summed E-state index contributed by atoms with van der Waals surface area (Å²) in [6.07, 6.45) is 7.76. The standard InChI is InChI=1S/C13H11N5O2/c1-2-20-13(19)10-7-16-11-3-4-17-18(11)12(10)9-5-14-8-15-6-9/h3-8H,2H2,1H3. The van der Waals surface area contributed by atoms with Crippen LogP contribution in [0, 0.1) is 0 Å². The summed E-state index contributed by atoms with van der Waals surface area (Å²) in [5.41, 5.74) is 2.21. The Morgan fingerprint density at radius 3 is 2.85 bits per heavy atom. The van der Waals surface area contributed by atoms with E-state index in [2.05, 4.69) is 20.1 Å². The smallest absolute Gasteiger partial charge is 0.341 e. The van der Waals surface area contributed by atoms with Gasteiger partial charge in [-0.1, -0.05) is 0 Å². The number of fused-ring (bicyclic) bond motifs is 1. The summed E-state index contributed by atoms with van der Waals surface area (Å²) in [7, 11) is 0. The number of carbonyl (C=O) groups is 1. The maximum atomic E-state index is 12.1. The van der Waals surface area contributed by atoms with Crippen molar-refractivity contribution in [3.8, 4) is 11.3 Å². The van der Waals surface area contributed by atoms with Gasteiger partial charge in [0.15, 0.2) is 5.65 Å². The quantitative estimate of drug-likeness (QED) is 0.668. The summed E-state index contributed by atoms with van der Waals surface area (Å²) in [5, 5.41) is 4.19. The molecule has 3 heterocycles. The average Bonchev–Trinajstić information content (AvgIpc) is 2.95. The van der Waals surface area contributed by atoms with Gasteiger partial charge in [-0.05, 0) is 6.92 Å². The molecule has 0 aliphatic heterocycles. The molecule has 3 aromatic heterocycles. The number of carbonyl (C=O) groups excluding carboxylic acids is 1. The van der Waals surface area contributed by atoms with Gasteiger partial charge >= 0.3 is 5.97 Å². The largest absolute Gasteiger partial charge is 0.462 e. The van der Waals surface area contributed by atoms with Crippen LogP contribution in [0.15, 0.2) is 37.2 Å². The Kier molecular flexibility index (Phi) is 3.08. The predicted molar refractivity (Wildman–Crippen MR) is 70.0 cm³/mol. The van der Waals surface area contributed by atoms with E-state index in [9.17, 15) is 4.79 Å². The van der Waals surface area contributed by atoms with Gasteiger partial charge < -0.3 is 4.74 Å². The number of rotatable bonds is 3. The first kappa shape index (κ1) is 12.2. The minimum Gasteiger partial charge on any atom is -0.462 e. The van der Waals surface area contributed by atoms with E-state index in [0.717, 1.165) is 0 Å². The first-order valence-electron chi connectivity index (χ1n) is 6.06. The molecule has 0 N–H and O–H groups in total. The van der Waals surface area contributed by atoms with Crippen molar-refractivity contribution in [2.75, 3.05) is 6.61 Å². The zero-order valence-corrected chi connectivity index (χ0v) is 10.7. The van der Waals surface area contributed by atoms with Gasteiger partial charge in [0.05, 0.1) is 18.5 Å². The molecule has 0 amide bonds. The fraction of sp³-hybridized carbons (Fsp3) is 0.154. The van der Waals surface area contributed by atoms with Crippen LogP contribution in [0.1, 0.15) is 17.3 Å². The van der Waals surface area contributed by atoms with Gasteiger partial charge in [-0.2, -0.15) is 5.10 Å². The molecule has 7 heteroatoms. The van der Waals surface area contributed by atoms with Gasteiger partial charge in [0.1, 0.15) is 11.9 Å². The lowest BCUT2D eigenvalue weighted by Gasteiger charge is -2.09. The van der Waals surface area contributed by atoms with Crippen LogP contribution in [0.3, 0.4) is 0 Å². The molecule has 0 spiro atoms. The van der Waals surface area contributed by atoms with Gasteiger partial charge in [-0.15, -0.1) is 0 Å². The van der Waals surface area contributed by atoms with Gasteiger partial charge in [-0.25, -0.2) is 24.3 Å². The van der Waals surface area contributed by atoms with E-state index in [-0.39, 0.29) is 0 Å². The number of ether oxygens (including phenoxy) is 1. The molecule has 0 radical (unpaired) electrons. The highest BCUT2D eigenvalue weighted by Crippen LogP contribution is 2.23. The van der Waals surface area contributed by atoms with E-state index in [1.807, 2.05) is 0 Å². The van der Waals surface area contributed by atoms with Crippen molar-refractivity contribution in [2.45, 2.75) is 6.92 Å². The van der Waals surface area contributed by atoms with Gasteiger partial charge in [0.2, 0.25) is 0 Å². The van der Waals surface area contributed by atoms with Gasteiger partial charge in [-0.3, -0.25) is 0 Å². The van der Waals surface area contributed by atoms with Crippen molar-refractivity contribution < 1.29 is 9.53 Å². The lowest BCUT2D eigenvalue weighted by atomic mass is 10.1. The summed E-state index contributed by atoms with van der Waals surface area (Å²) in [5.74, 6) is -0.448. The third-order valence-electron chi connectivity index (χ3n) is 2.74. The molecule has 0 aromatic carbocycles. The molecule has 0 unspecified atom stereocenters. The summed E-state index contributed by atoms with van der Waals surface area (Å²) >= 11 is 0. The second kappa shape index (κ2) is 5.04. The summed E-state index contributed by atoms with van der Waals surface area (Å²) in [6.45, 7) is 2.05. The van der Waals surface area contributed by atoms with E-state index in [1.54, 1.807) is 36.1 Å². The first-order valence-corrected chi connectivity index (χ1v) is 6.06. The van der Waals surface area contributed by atoms with Crippen LogP contribution >= 0.6 is 0 Å². The fourth-order valence-electron chi connectivity index (χ4n) is 1.93. The van der Waals surface area contributed by atoms with Crippen LogP contribution in [0.25, 0.3) is 16.9 Å². The summed E-state index contributed by atoms with van der Waals surface area (Å²) in [6, 6.07) is 1.75. The van der Waals surface area contributed by atoms with Crippen LogP contribution in [0.4, 0.5) is 0 Å². The second-order valence-corrected chi connectivity index (χ2v) is 3.97. The van der Waals surface area contributed by atoms with E-state index >= 15 is 0 Å². The highest BCUT2D eigenvalue weighted by Gasteiger charge is 2.19. The van der Waals surface area contributed by atoms with Crippen LogP contribution in [-0.4, -0.2) is 37.1 Å². The van der Waals surface area contributed by atoms with Crippen molar-refractivity contribution in [1.29, 1.82) is 0 Å². The Morgan fingerprint density at radius 2 is 2.10 bits per heavy atom. The molecule has 0 saturated heterocycles. The summed E-state index contributed by atoms with van der Waals surface area (Å²) < 4.78 is 6.63. The molecular weight excluding hydrogens is 258 g/mol. The molecular formula is C13H11N5O2. The molecule has 0 fully saturated rings. The highest BCUT2D eigenvalue weighted by atomic mass is 16.5. The average molecular weight is 269 g/mol. The lowest BCUT2D eigenvalue weighted by Crippen LogP contribution is -2.11. The highest BCUT2D eigenvalue weighted by molar-refractivity contribution is 5.96. The molecule has 0 bridgehead atoms. The molecule has 0 atom stereocenters. The Bertz CT molecular complexity index is 754. The minimum atomic E-state index is -0.448. The molecule has 3 aromatic rings. The number of aromatic nitrogens is 5. The van der Waals surface area contributed by atoms with Crippen molar-refractivity contribution in [3.63, 3.8) is 0 Å². The van der Waals surface area contributed by atoms with Crippen LogP contribution in [0.2, 0.25) is 0 Å². The number of nitrogens with zero attached hydrogens (tertiary/aromatic N) is 5. The van der Waals surface area contributed by atoms with E-state index in [4.69, 9.17) is 4.74 Å². The van der Waals surface area contributed by atoms with Crippen molar-refractivity contribution in [3.05, 3.63) is 42.7 Å². The van der Waals surface area contributed by atoms with Crippen molar-refractivity contribution in [1.82, 2.24) is 24.6 Å². The van der Waals surface area contributed by atoms with Gasteiger partial charge in [0, 0.05) is 30.2 Å². The molecule has 7 nitrogen and oxygen atoms in total. The first-order chi connectivity index (χ1) is 9.81. The normalized spacial score (nSPS) is 10.7. The van der Waals surface area contributed by atoms with Crippen molar-refractivity contribution >= 4 is 11.6 Å². The third kappa shape index (κ3) is 1.99. The van der Waals surface area contributed by atoms with Crippen molar-refractivity contribution in [2.24, 2.45) is 0 Å². The molecule has 100 valence electrons. The lowest BCUT2D eigenvalue weighted by molar-refractivity contribution is 0.0526. The van der Waals surface area contributed by atoms with E-state index in [1.165, 1.54) is 12.5 Å². The number of hydrogen-bond acceptors (Lipinski definition) is 6. The van der Waals surface area contributed by atoms with Gasteiger partial charge in [0.25, 0.3) is 0 Å². The van der Waals surface area contributed by atoms with E-state index in [0.29, 0.717) is 29.1 Å². The summed E-state index contributed by atoms with van der Waals surface area (Å²) in [4.78, 5) is 24.2. The van der Waals surface area contributed by atoms with Crippen LogP contribution in [0.5, 0.6) is 0 Å². The zero-order valence-electron chi connectivity index (χ0n) is 10.7. The molecule has 0 saturated carbocycles. The zero-order chi connectivity index (χ0) is 13.9. The van der Waals surface area contributed by atoms with Crippen LogP contribution in [-0.2, 0) is 4.74 Å². The molecule has 0 aliphatic rings. The molecule has 20 heavy (non-hydrogen) atoms. The van der Waals surface area contributed by atoms with Crippen LogP contribution < -0.4 is 0 Å². The second-order valence-electron chi connectivity index (χ2n) is 3.97.